The standard InChI is InChI=1S/C25H32O5/c1-6-25(27-15-18-10-8-7-9-11-18)21(28-23-22(25)29-24(4,5)30-23)20(26)19-13-12-16(2)17(3)14-19/h6-11,19,21-23H,1,12-15H2,2-5H3/t19-,21-,22+,23-,25-/m1/s1. The van der Waals surface area contributed by atoms with Gasteiger partial charge in [0.05, 0.1) is 6.61 Å². The molecule has 5 nitrogen and oxygen atoms in total. The van der Waals surface area contributed by atoms with E-state index < -0.39 is 29.9 Å². The van der Waals surface area contributed by atoms with E-state index in [0.717, 1.165) is 24.8 Å². The van der Waals surface area contributed by atoms with Crippen molar-refractivity contribution in [3.05, 3.63) is 59.7 Å². The summed E-state index contributed by atoms with van der Waals surface area (Å²) in [6, 6.07) is 9.89. The van der Waals surface area contributed by atoms with E-state index in [1.54, 1.807) is 6.08 Å². The van der Waals surface area contributed by atoms with Crippen LogP contribution < -0.4 is 0 Å². The molecular weight excluding hydrogens is 380 g/mol. The van der Waals surface area contributed by atoms with E-state index in [1.165, 1.54) is 11.1 Å². The molecule has 2 aliphatic heterocycles. The van der Waals surface area contributed by atoms with Gasteiger partial charge in [-0.25, -0.2) is 0 Å². The Labute approximate surface area is 179 Å². The summed E-state index contributed by atoms with van der Waals surface area (Å²) >= 11 is 0. The first kappa shape index (κ1) is 21.4. The number of hydrogen-bond donors (Lipinski definition) is 0. The molecule has 2 saturated heterocycles. The molecule has 1 aliphatic carbocycles. The lowest BCUT2D eigenvalue weighted by Crippen LogP contribution is -2.53. The first-order chi connectivity index (χ1) is 14.3. The minimum absolute atomic E-state index is 0.0502. The molecule has 0 radical (unpaired) electrons. The summed E-state index contributed by atoms with van der Waals surface area (Å²) in [5.41, 5.74) is 2.58. The molecule has 1 aromatic carbocycles. The van der Waals surface area contributed by atoms with Gasteiger partial charge in [-0.15, -0.1) is 6.58 Å². The Kier molecular flexibility index (Phi) is 5.75. The number of ether oxygens (including phenoxy) is 4. The maximum absolute atomic E-state index is 13.6. The zero-order chi connectivity index (χ0) is 21.5. The first-order valence-electron chi connectivity index (χ1n) is 10.8. The molecule has 2 heterocycles. The van der Waals surface area contributed by atoms with Crippen LogP contribution in [0.25, 0.3) is 0 Å². The van der Waals surface area contributed by atoms with Crippen LogP contribution in [-0.4, -0.2) is 35.7 Å². The van der Waals surface area contributed by atoms with Crippen LogP contribution >= 0.6 is 0 Å². The second-order valence-corrected chi connectivity index (χ2v) is 9.18. The molecule has 0 spiro atoms. The van der Waals surface area contributed by atoms with Crippen molar-refractivity contribution >= 4 is 5.78 Å². The van der Waals surface area contributed by atoms with Crippen molar-refractivity contribution < 1.29 is 23.7 Å². The van der Waals surface area contributed by atoms with Crippen LogP contribution in [-0.2, 0) is 30.3 Å². The fraction of sp³-hybridized carbons (Fsp3) is 0.560. The first-order valence-corrected chi connectivity index (χ1v) is 10.8. The number of rotatable bonds is 6. The number of fused-ring (bicyclic) bond motifs is 1. The number of hydrogen-bond acceptors (Lipinski definition) is 5. The normalized spacial score (nSPS) is 35.3. The van der Waals surface area contributed by atoms with Crippen molar-refractivity contribution in [2.45, 2.75) is 83.5 Å². The predicted octanol–water partition coefficient (Wildman–Crippen LogP) is 4.71. The van der Waals surface area contributed by atoms with Gasteiger partial charge in [-0.2, -0.15) is 0 Å². The van der Waals surface area contributed by atoms with Crippen LogP contribution in [0.15, 0.2) is 54.1 Å². The van der Waals surface area contributed by atoms with Gasteiger partial charge in [0.15, 0.2) is 29.6 Å². The van der Waals surface area contributed by atoms with Crippen LogP contribution in [0.1, 0.15) is 52.5 Å². The molecule has 30 heavy (non-hydrogen) atoms. The highest BCUT2D eigenvalue weighted by Gasteiger charge is 2.65. The van der Waals surface area contributed by atoms with Gasteiger partial charge in [-0.3, -0.25) is 4.79 Å². The van der Waals surface area contributed by atoms with Crippen molar-refractivity contribution in [3.63, 3.8) is 0 Å². The van der Waals surface area contributed by atoms with E-state index >= 15 is 0 Å². The van der Waals surface area contributed by atoms with Gasteiger partial charge in [0.1, 0.15) is 6.10 Å². The van der Waals surface area contributed by atoms with E-state index in [9.17, 15) is 4.79 Å². The number of benzene rings is 1. The predicted molar refractivity (Wildman–Crippen MR) is 114 cm³/mol. The van der Waals surface area contributed by atoms with Gasteiger partial charge in [-0.1, -0.05) is 47.6 Å². The summed E-state index contributed by atoms with van der Waals surface area (Å²) in [7, 11) is 0. The molecule has 2 fully saturated rings. The average Bonchev–Trinajstić information content (AvgIpc) is 3.19. The van der Waals surface area contributed by atoms with E-state index in [1.807, 2.05) is 44.2 Å². The van der Waals surface area contributed by atoms with Gasteiger partial charge in [-0.05, 0) is 52.5 Å². The SMILES string of the molecule is C=C[C@@]1(OCc2ccccc2)[C@@H](C(=O)[C@@H]2CCC(C)=C(C)C2)O[C@@H]2OC(C)(C)O[C@@H]21. The zero-order valence-electron chi connectivity index (χ0n) is 18.4. The fourth-order valence-corrected chi connectivity index (χ4v) is 4.74. The van der Waals surface area contributed by atoms with Gasteiger partial charge in [0.25, 0.3) is 0 Å². The molecule has 0 aromatic heterocycles. The number of ketones is 1. The van der Waals surface area contributed by atoms with E-state index in [4.69, 9.17) is 18.9 Å². The quantitative estimate of drug-likeness (QED) is 0.634. The molecule has 0 N–H and O–H groups in total. The van der Waals surface area contributed by atoms with Crippen molar-refractivity contribution in [1.29, 1.82) is 0 Å². The maximum atomic E-state index is 13.6. The molecule has 3 aliphatic rings. The number of allylic oxidation sites excluding steroid dienone is 2. The van der Waals surface area contributed by atoms with E-state index in [0.29, 0.717) is 6.61 Å². The Balaban J connectivity index is 1.62. The van der Waals surface area contributed by atoms with Crippen LogP contribution in [0.3, 0.4) is 0 Å². The van der Waals surface area contributed by atoms with E-state index in [-0.39, 0.29) is 11.7 Å². The van der Waals surface area contributed by atoms with Crippen molar-refractivity contribution in [2.75, 3.05) is 0 Å². The zero-order valence-corrected chi connectivity index (χ0v) is 18.4. The molecule has 1 aromatic rings. The summed E-state index contributed by atoms with van der Waals surface area (Å²) in [6.45, 7) is 12.3. The number of carbonyl (C=O) groups is 1. The average molecular weight is 413 g/mol. The van der Waals surface area contributed by atoms with Gasteiger partial charge in [0, 0.05) is 5.92 Å². The van der Waals surface area contributed by atoms with Crippen LogP contribution in [0.2, 0.25) is 0 Å². The third kappa shape index (κ3) is 3.80. The summed E-state index contributed by atoms with van der Waals surface area (Å²) < 4.78 is 24.7. The second kappa shape index (κ2) is 8.04. The number of Topliss-reactive ketones (excluding diaryl/α,β-unsaturated/α-hetero) is 1. The fourth-order valence-electron chi connectivity index (χ4n) is 4.74. The Morgan fingerprint density at radius 1 is 1.20 bits per heavy atom. The Morgan fingerprint density at radius 3 is 2.60 bits per heavy atom. The third-order valence-corrected chi connectivity index (χ3v) is 6.64. The Bertz CT molecular complexity index is 842. The van der Waals surface area contributed by atoms with Gasteiger partial charge >= 0.3 is 0 Å². The minimum Gasteiger partial charge on any atom is -0.360 e. The highest BCUT2D eigenvalue weighted by atomic mass is 16.8. The summed E-state index contributed by atoms with van der Waals surface area (Å²) in [6.07, 6.45) is 2.20. The highest BCUT2D eigenvalue weighted by Crippen LogP contribution is 2.47. The van der Waals surface area contributed by atoms with E-state index in [2.05, 4.69) is 20.4 Å². The van der Waals surface area contributed by atoms with Crippen molar-refractivity contribution in [2.24, 2.45) is 5.92 Å². The Hall–Kier alpha value is -1.79. The van der Waals surface area contributed by atoms with Crippen molar-refractivity contribution in [3.8, 4) is 0 Å². The van der Waals surface area contributed by atoms with Gasteiger partial charge < -0.3 is 18.9 Å². The minimum atomic E-state index is -1.10. The third-order valence-electron chi connectivity index (χ3n) is 6.64. The molecule has 5 atom stereocenters. The molecular formula is C25H32O5. The van der Waals surface area contributed by atoms with Crippen LogP contribution in [0, 0.1) is 5.92 Å². The number of carbonyl (C=O) groups excluding carboxylic acids is 1. The molecule has 0 unspecified atom stereocenters. The molecule has 4 rings (SSSR count). The van der Waals surface area contributed by atoms with Gasteiger partial charge in [0.2, 0.25) is 0 Å². The van der Waals surface area contributed by atoms with Crippen molar-refractivity contribution in [1.82, 2.24) is 0 Å². The van der Waals surface area contributed by atoms with Crippen LogP contribution in [0.4, 0.5) is 0 Å². The molecule has 0 saturated carbocycles. The summed E-state index contributed by atoms with van der Waals surface area (Å²) in [5.74, 6) is -0.853. The van der Waals surface area contributed by atoms with Crippen LogP contribution in [0.5, 0.6) is 0 Å². The largest absolute Gasteiger partial charge is 0.360 e. The summed E-state index contributed by atoms with van der Waals surface area (Å²) in [4.78, 5) is 13.6. The smallest absolute Gasteiger partial charge is 0.191 e. The monoisotopic (exact) mass is 412 g/mol. The maximum Gasteiger partial charge on any atom is 0.191 e. The topological polar surface area (TPSA) is 54.0 Å². The summed E-state index contributed by atoms with van der Waals surface area (Å²) in [5, 5.41) is 0. The molecule has 0 amide bonds. The lowest BCUT2D eigenvalue weighted by molar-refractivity contribution is -0.229. The Morgan fingerprint density at radius 2 is 1.93 bits per heavy atom. The lowest BCUT2D eigenvalue weighted by atomic mass is 9.77. The highest BCUT2D eigenvalue weighted by molar-refractivity contribution is 5.88. The lowest BCUT2D eigenvalue weighted by Gasteiger charge is -2.37. The molecule has 5 heteroatoms. The second-order valence-electron chi connectivity index (χ2n) is 9.18. The molecule has 162 valence electrons. The molecule has 0 bridgehead atoms.